The summed E-state index contributed by atoms with van der Waals surface area (Å²) in [6, 6.07) is 27.1. The number of aromatic amines is 1. The monoisotopic (exact) mass is 1510 g/mol. The van der Waals surface area contributed by atoms with Gasteiger partial charge in [0.15, 0.2) is 32.0 Å². The number of fused-ring (bicyclic) bond motifs is 1. The van der Waals surface area contributed by atoms with Gasteiger partial charge in [-0.2, -0.15) is 31.6 Å². The van der Waals surface area contributed by atoms with Gasteiger partial charge in [0.1, 0.15) is 23.4 Å². The first kappa shape index (κ1) is 80.4. The van der Waals surface area contributed by atoms with E-state index in [1.807, 2.05) is 86.8 Å². The van der Waals surface area contributed by atoms with Crippen molar-refractivity contribution in [2.24, 2.45) is 22.8 Å². The predicted octanol–water partition coefficient (Wildman–Crippen LogP) is 8.90. The Kier molecular flexibility index (Phi) is 25.5. The van der Waals surface area contributed by atoms with Gasteiger partial charge in [-0.15, -0.1) is 0 Å². The van der Waals surface area contributed by atoms with Crippen molar-refractivity contribution in [3.8, 4) is 28.8 Å². The predicted molar refractivity (Wildman–Crippen MR) is 378 cm³/mol. The molecule has 7 heterocycles. The van der Waals surface area contributed by atoms with Gasteiger partial charge in [0.2, 0.25) is 23.6 Å². The number of amides is 2. The highest BCUT2D eigenvalue weighted by atomic mass is 32.2. The minimum Gasteiger partial charge on any atom is -0.481 e. The van der Waals surface area contributed by atoms with Crippen molar-refractivity contribution in [2.75, 3.05) is 52.2 Å². The third-order valence-corrected chi connectivity index (χ3v) is 18.8. The standard InChI is InChI=1S/C23H32N2O4.C18H17NO3.C16H17N3O5S.C14H12F3N5O7S/c1-7-16-13-15(3)14-17(8-2)18(16)19-20(26)24-9-11-28-12-10-25(24)21(19)29-22(27)23(4,5)6;1-2-21-17(20)16-13-18(22-19-16,14-9-5-3-6-10-14)15-11-7-4-8-12-15;1-9-10(15(20)11-8-17-19(2)16(11)21)4-5-13(25(3,22)23)14(9)12-6-7-24-18-12;1-28-8-5-9(29-2)20-12(19-8)21-13(25)22-30(26,27)10-6(11(23)24)3-4-7(18-10)14(15,16)17/h13-14H,7-12H2,1-6H3;3-12H,2,13H2,1H3;4-5,8,17H,6-7H2,1-3H3;3-5H,1-2H3,(H,23,24)(H2,19,20,21,22,25). The summed E-state index contributed by atoms with van der Waals surface area (Å²) < 4.78 is 120. The first-order valence-corrected chi connectivity index (χ1v) is 36.1. The molecule has 106 heavy (non-hydrogen) atoms. The van der Waals surface area contributed by atoms with Crippen molar-refractivity contribution >= 4 is 67.0 Å². The number of methoxy groups -OCH3 is 2. The number of oxime groups is 2. The lowest BCUT2D eigenvalue weighted by Gasteiger charge is -2.27. The number of aromatic nitrogens is 7. The Labute approximate surface area is 606 Å². The van der Waals surface area contributed by atoms with Gasteiger partial charge in [0, 0.05) is 48.2 Å². The zero-order valence-electron chi connectivity index (χ0n) is 59.8. The number of esters is 2. The lowest BCUT2D eigenvalue weighted by Crippen LogP contribution is -2.36. The molecule has 0 fully saturated rings. The molecule has 3 aliphatic heterocycles. The maximum absolute atomic E-state index is 13.5. The van der Waals surface area contributed by atoms with Gasteiger partial charge < -0.3 is 43.6 Å². The highest BCUT2D eigenvalue weighted by Gasteiger charge is 2.45. The number of aryl methyl sites for hydroxylation is 4. The Morgan fingerprint density at radius 3 is 1.81 bits per heavy atom. The third kappa shape index (κ3) is 18.4. The van der Waals surface area contributed by atoms with Crippen LogP contribution in [0, 0.1) is 19.3 Å². The summed E-state index contributed by atoms with van der Waals surface area (Å²) in [7, 11) is -4.68. The second kappa shape index (κ2) is 33.6. The number of ether oxygens (including phenoxy) is 5. The summed E-state index contributed by atoms with van der Waals surface area (Å²) in [4.78, 5) is 107. The molecule has 2 amide bonds. The molecule has 3 aliphatic rings. The van der Waals surface area contributed by atoms with Crippen LogP contribution in [0.4, 0.5) is 23.9 Å². The molecule has 0 spiro atoms. The first-order valence-electron chi connectivity index (χ1n) is 32.8. The van der Waals surface area contributed by atoms with Crippen LogP contribution < -0.4 is 35.4 Å². The Hall–Kier alpha value is -11.3. The summed E-state index contributed by atoms with van der Waals surface area (Å²) in [5, 5.41) is 20.0. The molecular weight excluding hydrogens is 1430 g/mol. The van der Waals surface area contributed by atoms with Crippen LogP contribution in [0.2, 0.25) is 0 Å². The molecule has 564 valence electrons. The van der Waals surface area contributed by atoms with Gasteiger partial charge in [-0.1, -0.05) is 103 Å². The molecule has 30 nitrogen and oxygen atoms in total. The van der Waals surface area contributed by atoms with E-state index in [9.17, 15) is 63.6 Å². The zero-order valence-corrected chi connectivity index (χ0v) is 61.4. The molecule has 4 aromatic heterocycles. The van der Waals surface area contributed by atoms with Crippen molar-refractivity contribution in [2.45, 2.75) is 116 Å². The number of carboxylic acids is 1. The molecule has 0 saturated heterocycles. The lowest BCUT2D eigenvalue weighted by molar-refractivity contribution is -0.143. The largest absolute Gasteiger partial charge is 0.481 e. The number of nitrogens with zero attached hydrogens (tertiary/aromatic N) is 8. The Morgan fingerprint density at radius 2 is 1.31 bits per heavy atom. The topological polar surface area (TPSA) is 391 Å². The average molecular weight is 1510 g/mol. The number of sulfonamides is 1. The van der Waals surface area contributed by atoms with Crippen LogP contribution in [0.5, 0.6) is 17.6 Å². The minimum absolute atomic E-state index is 0.00623. The van der Waals surface area contributed by atoms with E-state index in [1.54, 1.807) is 23.2 Å². The van der Waals surface area contributed by atoms with Crippen molar-refractivity contribution in [1.82, 2.24) is 38.8 Å². The molecule has 0 bridgehead atoms. The Bertz CT molecular complexity index is 4980. The summed E-state index contributed by atoms with van der Waals surface area (Å²) in [5.41, 5.74) is 3.82. The fourth-order valence-electron chi connectivity index (χ4n) is 11.2. The molecule has 0 unspecified atom stereocenters. The van der Waals surface area contributed by atoms with E-state index in [-0.39, 0.29) is 39.3 Å². The molecular formula is C71H78F3N11O19S2. The first-order chi connectivity index (χ1) is 50.0. The summed E-state index contributed by atoms with van der Waals surface area (Å²) in [6.07, 6.45) is -0.217. The third-order valence-electron chi connectivity index (χ3n) is 16.4. The van der Waals surface area contributed by atoms with Crippen LogP contribution in [0.25, 0.3) is 11.1 Å². The fraction of sp³-hybridized carbons (Fsp3) is 0.352. The number of H-pyrrole nitrogens is 1. The van der Waals surface area contributed by atoms with Gasteiger partial charge in [0.05, 0.1) is 81.2 Å². The van der Waals surface area contributed by atoms with Crippen LogP contribution in [-0.4, -0.2) is 144 Å². The van der Waals surface area contributed by atoms with E-state index in [0.29, 0.717) is 98.5 Å². The lowest BCUT2D eigenvalue weighted by atomic mass is 9.82. The van der Waals surface area contributed by atoms with Crippen LogP contribution in [0.15, 0.2) is 139 Å². The zero-order chi connectivity index (χ0) is 77.8. The number of nitrogens with one attached hydrogen (secondary N) is 3. The number of hydrogen-bond acceptors (Lipinski definition) is 23. The quantitative estimate of drug-likeness (QED) is 0.0460. The van der Waals surface area contributed by atoms with Crippen LogP contribution in [-0.2, 0) is 93.4 Å². The van der Waals surface area contributed by atoms with Crippen molar-refractivity contribution in [1.29, 1.82) is 0 Å². The van der Waals surface area contributed by atoms with Crippen LogP contribution >= 0.6 is 0 Å². The Balaban J connectivity index is 0.000000179. The summed E-state index contributed by atoms with van der Waals surface area (Å²) >= 11 is 0. The van der Waals surface area contributed by atoms with Crippen molar-refractivity contribution in [3.63, 3.8) is 0 Å². The van der Waals surface area contributed by atoms with Crippen LogP contribution in [0.3, 0.4) is 0 Å². The number of alkyl halides is 3. The highest BCUT2D eigenvalue weighted by Crippen LogP contribution is 2.42. The molecule has 0 aliphatic carbocycles. The van der Waals surface area contributed by atoms with Gasteiger partial charge in [-0.3, -0.25) is 29.2 Å². The van der Waals surface area contributed by atoms with E-state index < -0.39 is 88.6 Å². The van der Waals surface area contributed by atoms with E-state index in [1.165, 1.54) is 60.6 Å². The van der Waals surface area contributed by atoms with Gasteiger partial charge in [-0.25, -0.2) is 41.9 Å². The highest BCUT2D eigenvalue weighted by molar-refractivity contribution is 7.91. The van der Waals surface area contributed by atoms with E-state index in [0.717, 1.165) is 46.9 Å². The second-order valence-corrected chi connectivity index (χ2v) is 28.4. The molecule has 4 N–H and O–H groups in total. The smallest absolute Gasteiger partial charge is 0.433 e. The van der Waals surface area contributed by atoms with E-state index >= 15 is 0 Å². The number of ketones is 1. The van der Waals surface area contributed by atoms with Crippen LogP contribution in [0.1, 0.15) is 125 Å². The second-order valence-electron chi connectivity index (χ2n) is 24.8. The molecule has 11 rings (SSSR count). The fourth-order valence-corrected chi connectivity index (χ4v) is 13.2. The van der Waals surface area contributed by atoms with E-state index in [4.69, 9.17) is 38.5 Å². The van der Waals surface area contributed by atoms with Gasteiger partial charge in [-0.05, 0) is 101 Å². The maximum atomic E-state index is 13.5. The molecule has 35 heteroatoms. The minimum atomic E-state index is -5.14. The molecule has 8 aromatic rings. The SMILES string of the molecule is CCOC(=O)C1=NOC(c2ccccc2)(c2ccccc2)C1.CCc1cc(C)cc(CC)c1-c1c(OC(=O)C(C)(C)C)n2n(c1=O)CCOCC2.COc1cc(OC)nc(NC(=O)NS(=O)(=O)c2nc(C(F)(F)F)ccc2C(=O)O)n1.Cc1c(C(=O)c2c[nH]n(C)c2=O)ccc(S(C)(=O)=O)c1C1=NOCC1. The normalized spacial score (nSPS) is 13.8. The van der Waals surface area contributed by atoms with Crippen molar-refractivity contribution < 1.29 is 92.4 Å². The average Bonchev–Trinajstić information content (AvgIpc) is 1.57. The number of halogens is 3. The Morgan fingerprint density at radius 1 is 0.726 bits per heavy atom. The number of pyridine rings is 1. The van der Waals surface area contributed by atoms with Crippen molar-refractivity contribution in [3.05, 3.63) is 191 Å². The van der Waals surface area contributed by atoms with Gasteiger partial charge >= 0.3 is 30.1 Å². The number of rotatable bonds is 18. The number of sulfone groups is 1. The van der Waals surface area contributed by atoms with E-state index in [2.05, 4.69) is 63.3 Å². The molecule has 0 saturated carbocycles. The van der Waals surface area contributed by atoms with Gasteiger partial charge in [0.25, 0.3) is 21.1 Å². The number of carboxylic acid groups (broad SMARTS) is 1. The molecule has 0 radical (unpaired) electrons. The summed E-state index contributed by atoms with van der Waals surface area (Å²) in [6.45, 7) is 17.6. The number of carbonyl (C=O) groups excluding carboxylic acids is 4. The number of carbonyl (C=O) groups is 5. The number of benzene rings is 4. The number of hydrogen-bond donors (Lipinski definition) is 4. The summed E-state index contributed by atoms with van der Waals surface area (Å²) in [5.74, 6) is -3.38. The number of aromatic carboxylic acids is 1. The number of urea groups is 1. The maximum Gasteiger partial charge on any atom is 0.433 e. The molecule has 4 aromatic carbocycles. The molecule has 0 atom stereocenters. The number of anilines is 1.